The van der Waals surface area contributed by atoms with Gasteiger partial charge in [-0.2, -0.15) is 0 Å². The fourth-order valence-electron chi connectivity index (χ4n) is 2.57. The van der Waals surface area contributed by atoms with Crippen molar-refractivity contribution in [3.63, 3.8) is 0 Å². The Morgan fingerprint density at radius 1 is 1.09 bits per heavy atom. The molecule has 11 heteroatoms. The summed E-state index contributed by atoms with van der Waals surface area (Å²) in [5.74, 6) is -1.14. The maximum Gasteiger partial charge on any atom is 0.338 e. The van der Waals surface area contributed by atoms with Gasteiger partial charge in [0, 0.05) is 13.6 Å². The summed E-state index contributed by atoms with van der Waals surface area (Å²) in [4.78, 5) is 35.7. The first-order valence-electron chi connectivity index (χ1n) is 9.62. The smallest absolute Gasteiger partial charge is 0.338 e. The van der Waals surface area contributed by atoms with Gasteiger partial charge < -0.3 is 14.8 Å². The minimum atomic E-state index is -3.98. The van der Waals surface area contributed by atoms with E-state index >= 15 is 0 Å². The van der Waals surface area contributed by atoms with Gasteiger partial charge in [0.05, 0.1) is 23.3 Å². The van der Waals surface area contributed by atoms with Gasteiger partial charge in [0.25, 0.3) is 15.9 Å². The highest BCUT2D eigenvalue weighted by Gasteiger charge is 2.25. The molecule has 0 saturated carbocycles. The number of hydrogen-bond acceptors (Lipinski definition) is 7. The number of methoxy groups -OCH3 is 1. The number of benzene rings is 2. The summed E-state index contributed by atoms with van der Waals surface area (Å²) in [5, 5.41) is 4.42. The molecule has 10 nitrogen and oxygen atoms in total. The number of carbonyl (C=O) groups excluding carboxylic acids is 3. The van der Waals surface area contributed by atoms with Crippen LogP contribution >= 0.6 is 0 Å². The first kappa shape index (κ1) is 24.7. The van der Waals surface area contributed by atoms with Gasteiger partial charge in [-0.15, -0.1) is 0 Å². The predicted molar refractivity (Wildman–Crippen MR) is 117 cm³/mol. The second-order valence-electron chi connectivity index (χ2n) is 6.59. The largest absolute Gasteiger partial charge is 0.497 e. The number of nitrogens with one attached hydrogen (secondary N) is 2. The Balaban J connectivity index is 2.16. The summed E-state index contributed by atoms with van der Waals surface area (Å²) < 4.78 is 37.2. The molecule has 0 aliphatic carbocycles. The summed E-state index contributed by atoms with van der Waals surface area (Å²) in [7, 11) is -1.09. The molecule has 32 heavy (non-hydrogen) atoms. The fraction of sp³-hybridized carbons (Fsp3) is 0.286. The molecule has 2 N–H and O–H groups in total. The van der Waals surface area contributed by atoms with Crippen LogP contribution in [0, 0.1) is 0 Å². The third-order valence-corrected chi connectivity index (χ3v) is 6.17. The molecule has 0 spiro atoms. The Morgan fingerprint density at radius 2 is 1.75 bits per heavy atom. The van der Waals surface area contributed by atoms with Crippen molar-refractivity contribution in [3.8, 4) is 5.75 Å². The number of rotatable bonds is 8. The number of sulfonamides is 1. The summed E-state index contributed by atoms with van der Waals surface area (Å²) in [5.41, 5.74) is 0.335. The second-order valence-corrected chi connectivity index (χ2v) is 8.56. The van der Waals surface area contributed by atoms with E-state index in [0.29, 0.717) is 18.0 Å². The highest BCUT2D eigenvalue weighted by atomic mass is 32.2. The highest BCUT2D eigenvalue weighted by molar-refractivity contribution is 7.92. The van der Waals surface area contributed by atoms with Crippen molar-refractivity contribution in [2.75, 3.05) is 25.0 Å². The number of carbonyl (C=O) groups is 3. The SMILES string of the molecule is CCNC(=O)NC(=O)[C@@H](C)OC(=O)c1cccc(S(=O)(=O)N(C)c2ccc(OC)cc2)c1. The van der Waals surface area contributed by atoms with E-state index in [-0.39, 0.29) is 10.5 Å². The molecule has 0 saturated heterocycles. The molecule has 0 fully saturated rings. The van der Waals surface area contributed by atoms with Crippen LogP contribution < -0.4 is 19.7 Å². The van der Waals surface area contributed by atoms with E-state index in [4.69, 9.17) is 9.47 Å². The Kier molecular flexibility index (Phi) is 8.19. The van der Waals surface area contributed by atoms with E-state index in [0.717, 1.165) is 10.4 Å². The van der Waals surface area contributed by atoms with Gasteiger partial charge in [-0.1, -0.05) is 6.07 Å². The van der Waals surface area contributed by atoms with Crippen LogP contribution in [0.3, 0.4) is 0 Å². The molecule has 0 aliphatic heterocycles. The molecule has 3 amide bonds. The molecule has 2 rings (SSSR count). The van der Waals surface area contributed by atoms with Crippen LogP contribution in [0.5, 0.6) is 5.75 Å². The predicted octanol–water partition coefficient (Wildman–Crippen LogP) is 1.91. The molecular weight excluding hydrogens is 438 g/mol. The van der Waals surface area contributed by atoms with Crippen molar-refractivity contribution in [3.05, 3.63) is 54.1 Å². The van der Waals surface area contributed by atoms with Gasteiger partial charge >= 0.3 is 12.0 Å². The molecule has 2 aromatic rings. The highest BCUT2D eigenvalue weighted by Crippen LogP contribution is 2.25. The van der Waals surface area contributed by atoms with E-state index < -0.39 is 34.0 Å². The molecular formula is C21H25N3O7S. The minimum Gasteiger partial charge on any atom is -0.497 e. The summed E-state index contributed by atoms with van der Waals surface area (Å²) in [6.45, 7) is 3.30. The van der Waals surface area contributed by atoms with E-state index in [1.54, 1.807) is 31.2 Å². The Hall–Kier alpha value is -3.60. The van der Waals surface area contributed by atoms with Gasteiger partial charge in [-0.05, 0) is 56.3 Å². The zero-order chi connectivity index (χ0) is 23.9. The van der Waals surface area contributed by atoms with Crippen LogP contribution in [0.25, 0.3) is 0 Å². The molecule has 0 unspecified atom stereocenters. The van der Waals surface area contributed by atoms with Gasteiger partial charge in [0.15, 0.2) is 6.10 Å². The van der Waals surface area contributed by atoms with Crippen LogP contribution in [0.15, 0.2) is 53.4 Å². The summed E-state index contributed by atoms with van der Waals surface area (Å²) in [6.07, 6.45) is -1.27. The normalized spacial score (nSPS) is 11.8. The fourth-order valence-corrected chi connectivity index (χ4v) is 3.81. The quantitative estimate of drug-likeness (QED) is 0.572. The van der Waals surface area contributed by atoms with E-state index in [9.17, 15) is 22.8 Å². The molecule has 0 aliphatic rings. The summed E-state index contributed by atoms with van der Waals surface area (Å²) >= 11 is 0. The van der Waals surface area contributed by atoms with Crippen LogP contribution in [0.4, 0.5) is 10.5 Å². The van der Waals surface area contributed by atoms with Gasteiger partial charge in [0.2, 0.25) is 0 Å². The van der Waals surface area contributed by atoms with Crippen molar-refractivity contribution in [2.24, 2.45) is 0 Å². The van der Waals surface area contributed by atoms with E-state index in [1.807, 2.05) is 5.32 Å². The molecule has 0 heterocycles. The Morgan fingerprint density at radius 3 is 2.34 bits per heavy atom. The van der Waals surface area contributed by atoms with Crippen molar-refractivity contribution in [1.29, 1.82) is 0 Å². The van der Waals surface area contributed by atoms with Crippen molar-refractivity contribution in [1.82, 2.24) is 10.6 Å². The Labute approximate surface area is 186 Å². The van der Waals surface area contributed by atoms with Gasteiger partial charge in [-0.25, -0.2) is 18.0 Å². The van der Waals surface area contributed by atoms with Crippen molar-refractivity contribution < 1.29 is 32.3 Å². The molecule has 1 atom stereocenters. The zero-order valence-electron chi connectivity index (χ0n) is 18.1. The number of amides is 3. The topological polar surface area (TPSA) is 131 Å². The van der Waals surface area contributed by atoms with Crippen LogP contribution in [0.1, 0.15) is 24.2 Å². The molecule has 0 bridgehead atoms. The van der Waals surface area contributed by atoms with Crippen LogP contribution in [-0.4, -0.2) is 53.1 Å². The van der Waals surface area contributed by atoms with Crippen molar-refractivity contribution in [2.45, 2.75) is 24.8 Å². The molecule has 172 valence electrons. The third kappa shape index (κ3) is 5.97. The monoisotopic (exact) mass is 463 g/mol. The lowest BCUT2D eigenvalue weighted by Gasteiger charge is -2.20. The summed E-state index contributed by atoms with van der Waals surface area (Å²) in [6, 6.07) is 11.0. The zero-order valence-corrected chi connectivity index (χ0v) is 18.9. The minimum absolute atomic E-state index is 0.0631. The maximum atomic E-state index is 13.0. The number of ether oxygens (including phenoxy) is 2. The number of nitrogens with zero attached hydrogens (tertiary/aromatic N) is 1. The van der Waals surface area contributed by atoms with Gasteiger partial charge in [-0.3, -0.25) is 14.4 Å². The standard InChI is InChI=1S/C21H25N3O7S/c1-5-22-21(27)23-19(25)14(2)31-20(26)15-7-6-8-18(13-15)32(28,29)24(3)16-9-11-17(30-4)12-10-16/h6-14H,5H2,1-4H3,(H2,22,23,25,27)/t14-/m1/s1. The second kappa shape index (κ2) is 10.6. The maximum absolute atomic E-state index is 13.0. The van der Waals surface area contributed by atoms with Crippen molar-refractivity contribution >= 4 is 33.6 Å². The van der Waals surface area contributed by atoms with Gasteiger partial charge in [0.1, 0.15) is 5.75 Å². The molecule has 0 aromatic heterocycles. The van der Waals surface area contributed by atoms with E-state index in [2.05, 4.69) is 5.32 Å². The van der Waals surface area contributed by atoms with Crippen LogP contribution in [0.2, 0.25) is 0 Å². The first-order chi connectivity index (χ1) is 15.1. The average molecular weight is 464 g/mol. The van der Waals surface area contributed by atoms with Crippen LogP contribution in [-0.2, 0) is 19.6 Å². The lowest BCUT2D eigenvalue weighted by molar-refractivity contribution is -0.127. The average Bonchev–Trinajstić information content (AvgIpc) is 2.78. The number of esters is 1. The molecule has 2 aromatic carbocycles. The number of hydrogen-bond donors (Lipinski definition) is 2. The molecule has 0 radical (unpaired) electrons. The first-order valence-corrected chi connectivity index (χ1v) is 11.1. The number of anilines is 1. The number of urea groups is 1. The lowest BCUT2D eigenvalue weighted by atomic mass is 10.2. The number of imide groups is 1. The van der Waals surface area contributed by atoms with E-state index in [1.165, 1.54) is 39.3 Å². The Bertz CT molecular complexity index is 1080. The third-order valence-electron chi connectivity index (χ3n) is 4.39. The lowest BCUT2D eigenvalue weighted by Crippen LogP contribution is -2.44.